The Morgan fingerprint density at radius 1 is 1.22 bits per heavy atom. The van der Waals surface area contributed by atoms with Crippen LogP contribution in [0.4, 0.5) is 0 Å². The van der Waals surface area contributed by atoms with Crippen LogP contribution in [-0.4, -0.2) is 21.2 Å². The quantitative estimate of drug-likeness (QED) is 0.831. The normalized spacial score (nSPS) is 11.1. The summed E-state index contributed by atoms with van der Waals surface area (Å²) in [7, 11) is 0. The minimum atomic E-state index is -0.613. The van der Waals surface area contributed by atoms with E-state index < -0.39 is 11.8 Å². The van der Waals surface area contributed by atoms with Crippen LogP contribution >= 0.6 is 0 Å². The van der Waals surface area contributed by atoms with Crippen LogP contribution in [0.15, 0.2) is 18.2 Å². The molecule has 6 heteroatoms. The Morgan fingerprint density at radius 2 is 1.89 bits per heavy atom. The first-order chi connectivity index (χ1) is 8.43. The maximum atomic E-state index is 11.4. The molecular weight excluding hydrogens is 232 g/mol. The van der Waals surface area contributed by atoms with E-state index >= 15 is 0 Å². The summed E-state index contributed by atoms with van der Waals surface area (Å²) in [4.78, 5) is 27.0. The van der Waals surface area contributed by atoms with Gasteiger partial charge in [-0.3, -0.25) is 14.0 Å². The van der Waals surface area contributed by atoms with E-state index in [9.17, 15) is 9.59 Å². The highest BCUT2D eigenvalue weighted by Crippen LogP contribution is 2.22. The second-order valence-corrected chi connectivity index (χ2v) is 4.33. The monoisotopic (exact) mass is 246 g/mol. The highest BCUT2D eigenvalue weighted by Gasteiger charge is 2.21. The number of hydrogen-bond donors (Lipinski definition) is 2. The second kappa shape index (κ2) is 4.14. The smallest absolute Gasteiger partial charge is 0.269 e. The van der Waals surface area contributed by atoms with E-state index in [2.05, 4.69) is 4.98 Å². The van der Waals surface area contributed by atoms with Gasteiger partial charge in [-0.15, -0.1) is 0 Å². The van der Waals surface area contributed by atoms with Gasteiger partial charge >= 0.3 is 0 Å². The van der Waals surface area contributed by atoms with Crippen LogP contribution in [-0.2, 0) is 0 Å². The molecule has 94 valence electrons. The van der Waals surface area contributed by atoms with Gasteiger partial charge in [0.2, 0.25) is 0 Å². The molecule has 0 aromatic carbocycles. The van der Waals surface area contributed by atoms with Crippen molar-refractivity contribution in [1.29, 1.82) is 0 Å². The number of fused-ring (bicyclic) bond motifs is 1. The van der Waals surface area contributed by atoms with Gasteiger partial charge in [-0.2, -0.15) is 0 Å². The van der Waals surface area contributed by atoms with Gasteiger partial charge in [0.1, 0.15) is 17.0 Å². The Morgan fingerprint density at radius 3 is 2.39 bits per heavy atom. The van der Waals surface area contributed by atoms with Crippen molar-refractivity contribution in [2.75, 3.05) is 0 Å². The minimum absolute atomic E-state index is 0.0111. The lowest BCUT2D eigenvalue weighted by Gasteiger charge is -2.09. The Hall–Kier alpha value is -2.37. The number of pyridine rings is 1. The molecule has 2 aromatic rings. The fraction of sp³-hybridized carbons (Fsp3) is 0.250. The molecule has 2 rings (SSSR count). The Bertz CT molecular complexity index is 643. The first-order valence-electron chi connectivity index (χ1n) is 5.54. The lowest BCUT2D eigenvalue weighted by molar-refractivity contribution is 0.0983. The Balaban J connectivity index is 2.92. The number of primary amides is 2. The number of carbonyl (C=O) groups excluding carboxylic acids is 2. The zero-order valence-corrected chi connectivity index (χ0v) is 10.2. The molecule has 0 saturated heterocycles. The van der Waals surface area contributed by atoms with Gasteiger partial charge in [0.05, 0.1) is 5.69 Å². The number of nitrogens with zero attached hydrogens (tertiary/aromatic N) is 2. The summed E-state index contributed by atoms with van der Waals surface area (Å²) in [6.45, 7) is 3.79. The van der Waals surface area contributed by atoms with Crippen molar-refractivity contribution in [3.8, 4) is 0 Å². The second-order valence-electron chi connectivity index (χ2n) is 4.33. The lowest BCUT2D eigenvalue weighted by Crippen LogP contribution is -2.19. The van der Waals surface area contributed by atoms with Crippen molar-refractivity contribution < 1.29 is 9.59 Å². The van der Waals surface area contributed by atoms with Gasteiger partial charge in [-0.1, -0.05) is 19.9 Å². The van der Waals surface area contributed by atoms with E-state index in [1.165, 1.54) is 0 Å². The summed E-state index contributed by atoms with van der Waals surface area (Å²) < 4.78 is 1.59. The number of rotatable bonds is 3. The molecule has 0 spiro atoms. The number of imidazole rings is 1. The average Bonchev–Trinajstić information content (AvgIpc) is 2.67. The van der Waals surface area contributed by atoms with Crippen molar-refractivity contribution in [3.63, 3.8) is 0 Å². The largest absolute Gasteiger partial charge is 0.364 e. The predicted octanol–water partition coefficient (Wildman–Crippen LogP) is 0.656. The zero-order valence-electron chi connectivity index (χ0n) is 10.2. The molecule has 0 aliphatic heterocycles. The summed E-state index contributed by atoms with van der Waals surface area (Å²) in [6, 6.07) is 4.95. The number of amides is 2. The predicted molar refractivity (Wildman–Crippen MR) is 66.3 cm³/mol. The highest BCUT2D eigenvalue weighted by molar-refractivity contribution is 5.95. The van der Waals surface area contributed by atoms with Crippen molar-refractivity contribution >= 4 is 17.5 Å². The fourth-order valence-electron chi connectivity index (χ4n) is 2.02. The number of nitrogens with two attached hydrogens (primary N) is 2. The lowest BCUT2D eigenvalue weighted by atomic mass is 10.1. The van der Waals surface area contributed by atoms with Crippen LogP contribution < -0.4 is 11.5 Å². The van der Waals surface area contributed by atoms with E-state index in [0.717, 1.165) is 0 Å². The summed E-state index contributed by atoms with van der Waals surface area (Å²) in [5, 5.41) is 0. The van der Waals surface area contributed by atoms with Crippen molar-refractivity contribution in [3.05, 3.63) is 35.3 Å². The first kappa shape index (κ1) is 12.1. The molecule has 0 fully saturated rings. The van der Waals surface area contributed by atoms with E-state index in [1.807, 2.05) is 13.8 Å². The molecule has 0 unspecified atom stereocenters. The van der Waals surface area contributed by atoms with Crippen LogP contribution in [0, 0.1) is 0 Å². The molecule has 2 aromatic heterocycles. The standard InChI is InChI=1S/C12H14N4O2/c1-6(2)10-9(12(14)18)15-8-5-3-4-7(11(13)17)16(8)10/h3-6H,1-2H3,(H2,13,17)(H2,14,18). The van der Waals surface area contributed by atoms with Crippen LogP contribution in [0.3, 0.4) is 0 Å². The van der Waals surface area contributed by atoms with Crippen LogP contribution in [0.1, 0.15) is 46.4 Å². The van der Waals surface area contributed by atoms with Gasteiger partial charge in [-0.05, 0) is 18.1 Å². The van der Waals surface area contributed by atoms with Gasteiger partial charge in [0.15, 0.2) is 0 Å². The minimum Gasteiger partial charge on any atom is -0.364 e. The maximum Gasteiger partial charge on any atom is 0.269 e. The summed E-state index contributed by atoms with van der Waals surface area (Å²) in [5.74, 6) is -1.20. The van der Waals surface area contributed by atoms with Gasteiger partial charge in [0, 0.05) is 0 Å². The molecule has 0 aliphatic carbocycles. The van der Waals surface area contributed by atoms with Crippen LogP contribution in [0.5, 0.6) is 0 Å². The summed E-state index contributed by atoms with van der Waals surface area (Å²) in [5.41, 5.74) is 12.2. The third-order valence-electron chi connectivity index (χ3n) is 2.71. The first-order valence-corrected chi connectivity index (χ1v) is 5.54. The third kappa shape index (κ3) is 1.71. The van der Waals surface area contributed by atoms with E-state index in [1.54, 1.807) is 22.6 Å². The molecule has 2 heterocycles. The van der Waals surface area contributed by atoms with Crippen molar-refractivity contribution in [2.24, 2.45) is 11.5 Å². The molecule has 0 radical (unpaired) electrons. The Labute approximate surface area is 104 Å². The molecule has 4 N–H and O–H groups in total. The molecule has 0 atom stereocenters. The van der Waals surface area contributed by atoms with Crippen molar-refractivity contribution in [1.82, 2.24) is 9.38 Å². The Kier molecular flexibility index (Phi) is 2.78. The molecule has 2 amide bonds. The van der Waals surface area contributed by atoms with Crippen LogP contribution in [0.2, 0.25) is 0 Å². The van der Waals surface area contributed by atoms with E-state index in [4.69, 9.17) is 11.5 Å². The highest BCUT2D eigenvalue weighted by atomic mass is 16.1. The summed E-state index contributed by atoms with van der Waals surface area (Å²) >= 11 is 0. The molecule has 0 bridgehead atoms. The summed E-state index contributed by atoms with van der Waals surface area (Å²) in [6.07, 6.45) is 0. The molecule has 0 saturated carbocycles. The zero-order chi connectivity index (χ0) is 13.4. The third-order valence-corrected chi connectivity index (χ3v) is 2.71. The van der Waals surface area contributed by atoms with E-state index in [-0.39, 0.29) is 17.3 Å². The SMILES string of the molecule is CC(C)c1c(C(N)=O)nc2cccc(C(N)=O)n12. The molecule has 0 aliphatic rings. The molecule has 18 heavy (non-hydrogen) atoms. The number of carbonyl (C=O) groups is 2. The average molecular weight is 246 g/mol. The number of aromatic nitrogens is 2. The van der Waals surface area contributed by atoms with E-state index in [0.29, 0.717) is 11.3 Å². The molecule has 6 nitrogen and oxygen atoms in total. The fourth-order valence-corrected chi connectivity index (χ4v) is 2.02. The van der Waals surface area contributed by atoms with Crippen molar-refractivity contribution in [2.45, 2.75) is 19.8 Å². The molecular formula is C12H14N4O2. The van der Waals surface area contributed by atoms with Crippen LogP contribution in [0.25, 0.3) is 5.65 Å². The topological polar surface area (TPSA) is 103 Å². The number of hydrogen-bond acceptors (Lipinski definition) is 3. The van der Waals surface area contributed by atoms with Gasteiger partial charge < -0.3 is 11.5 Å². The maximum absolute atomic E-state index is 11.4. The van der Waals surface area contributed by atoms with Gasteiger partial charge in [0.25, 0.3) is 11.8 Å². The van der Waals surface area contributed by atoms with Gasteiger partial charge in [-0.25, -0.2) is 4.98 Å².